The van der Waals surface area contributed by atoms with Crippen LogP contribution in [0.3, 0.4) is 0 Å². The Morgan fingerprint density at radius 3 is 2.57 bits per heavy atom. The van der Waals surface area contributed by atoms with Crippen LogP contribution in [-0.2, 0) is 4.79 Å². The van der Waals surface area contributed by atoms with Crippen molar-refractivity contribution >= 4 is 5.91 Å². The summed E-state index contributed by atoms with van der Waals surface area (Å²) in [6.45, 7) is 0.802. The van der Waals surface area contributed by atoms with Gasteiger partial charge in [-0.05, 0) is 31.6 Å². The molecule has 0 heterocycles. The molecule has 0 aromatic rings. The van der Waals surface area contributed by atoms with Gasteiger partial charge < -0.3 is 11.1 Å². The van der Waals surface area contributed by atoms with Crippen LogP contribution < -0.4 is 11.1 Å². The number of nitrogens with one attached hydrogen (secondary N) is 1. The van der Waals surface area contributed by atoms with Crippen molar-refractivity contribution in [1.29, 1.82) is 0 Å². The first-order valence-corrected chi connectivity index (χ1v) is 5.80. The van der Waals surface area contributed by atoms with Crippen molar-refractivity contribution in [2.75, 3.05) is 6.54 Å². The van der Waals surface area contributed by atoms with Crippen LogP contribution in [0, 0.1) is 11.8 Å². The first-order chi connectivity index (χ1) is 6.77. The molecule has 2 aliphatic carbocycles. The molecule has 80 valence electrons. The number of nitrogens with two attached hydrogens (primary N) is 1. The van der Waals surface area contributed by atoms with Gasteiger partial charge in [0.05, 0.1) is 0 Å². The second kappa shape index (κ2) is 4.30. The molecule has 2 rings (SSSR count). The third-order valence-corrected chi connectivity index (χ3v) is 3.45. The van der Waals surface area contributed by atoms with Crippen molar-refractivity contribution in [2.45, 2.75) is 44.6 Å². The van der Waals surface area contributed by atoms with Crippen molar-refractivity contribution in [1.82, 2.24) is 5.32 Å². The summed E-state index contributed by atoms with van der Waals surface area (Å²) in [5.41, 5.74) is 6.01. The minimum absolute atomic E-state index is 0.253. The second-order valence-corrected chi connectivity index (χ2v) is 4.73. The lowest BCUT2D eigenvalue weighted by molar-refractivity contribution is -0.122. The molecule has 2 atom stereocenters. The summed E-state index contributed by atoms with van der Waals surface area (Å²) in [5, 5.41) is 3.03. The van der Waals surface area contributed by atoms with Gasteiger partial charge in [-0.2, -0.15) is 0 Å². The van der Waals surface area contributed by atoms with Gasteiger partial charge in [0.25, 0.3) is 0 Å². The largest absolute Gasteiger partial charge is 0.356 e. The zero-order valence-electron chi connectivity index (χ0n) is 8.67. The molecule has 0 saturated heterocycles. The third kappa shape index (κ3) is 2.47. The normalized spacial score (nSPS) is 32.6. The van der Waals surface area contributed by atoms with E-state index in [2.05, 4.69) is 5.32 Å². The SMILES string of the molecule is NC1CCCCC1CNC(=O)C1CC1. The molecule has 0 spiro atoms. The lowest BCUT2D eigenvalue weighted by Crippen LogP contribution is -2.41. The molecule has 2 fully saturated rings. The van der Waals surface area contributed by atoms with Crippen LogP contribution in [0.2, 0.25) is 0 Å². The number of amides is 1. The van der Waals surface area contributed by atoms with Crippen molar-refractivity contribution < 1.29 is 4.79 Å². The Hall–Kier alpha value is -0.570. The molecule has 14 heavy (non-hydrogen) atoms. The van der Waals surface area contributed by atoms with Gasteiger partial charge in [-0.25, -0.2) is 0 Å². The van der Waals surface area contributed by atoms with Crippen LogP contribution >= 0.6 is 0 Å². The van der Waals surface area contributed by atoms with E-state index in [1.807, 2.05) is 0 Å². The van der Waals surface area contributed by atoms with Crippen LogP contribution in [0.15, 0.2) is 0 Å². The quantitative estimate of drug-likeness (QED) is 0.708. The van der Waals surface area contributed by atoms with Gasteiger partial charge in [0, 0.05) is 18.5 Å². The predicted molar refractivity (Wildman–Crippen MR) is 55.7 cm³/mol. The summed E-state index contributed by atoms with van der Waals surface area (Å²) >= 11 is 0. The summed E-state index contributed by atoms with van der Waals surface area (Å²) in [6, 6.07) is 0.309. The zero-order valence-corrected chi connectivity index (χ0v) is 8.67. The first kappa shape index (κ1) is 9.97. The Morgan fingerprint density at radius 2 is 1.93 bits per heavy atom. The summed E-state index contributed by atoms with van der Waals surface area (Å²) in [6.07, 6.45) is 7.02. The maximum Gasteiger partial charge on any atom is 0.223 e. The molecule has 0 aromatic carbocycles. The molecule has 2 aliphatic rings. The van der Waals surface area contributed by atoms with E-state index in [1.54, 1.807) is 0 Å². The van der Waals surface area contributed by atoms with Crippen LogP contribution in [0.5, 0.6) is 0 Å². The molecule has 3 nitrogen and oxygen atoms in total. The highest BCUT2D eigenvalue weighted by atomic mass is 16.2. The van der Waals surface area contributed by atoms with Crippen LogP contribution in [0.25, 0.3) is 0 Å². The van der Waals surface area contributed by atoms with E-state index in [0.29, 0.717) is 17.9 Å². The van der Waals surface area contributed by atoms with Crippen molar-refractivity contribution in [3.05, 3.63) is 0 Å². The second-order valence-electron chi connectivity index (χ2n) is 4.73. The zero-order chi connectivity index (χ0) is 9.97. The fourth-order valence-corrected chi connectivity index (χ4v) is 2.21. The molecule has 2 saturated carbocycles. The summed E-state index contributed by atoms with van der Waals surface area (Å²) in [5.74, 6) is 1.10. The first-order valence-electron chi connectivity index (χ1n) is 5.80. The Balaban J connectivity index is 1.70. The van der Waals surface area contributed by atoms with Gasteiger partial charge in [0.2, 0.25) is 5.91 Å². The van der Waals surface area contributed by atoms with Crippen LogP contribution in [0.1, 0.15) is 38.5 Å². The van der Waals surface area contributed by atoms with Gasteiger partial charge in [0.15, 0.2) is 0 Å². The number of rotatable bonds is 3. The predicted octanol–water partition coefficient (Wildman–Crippen LogP) is 1.03. The number of hydrogen-bond donors (Lipinski definition) is 2. The highest BCUT2D eigenvalue weighted by Crippen LogP contribution is 2.29. The smallest absolute Gasteiger partial charge is 0.223 e. The van der Waals surface area contributed by atoms with E-state index in [0.717, 1.165) is 25.8 Å². The average Bonchev–Trinajstić information content (AvgIpc) is 2.99. The highest BCUT2D eigenvalue weighted by Gasteiger charge is 2.30. The van der Waals surface area contributed by atoms with Crippen LogP contribution in [0.4, 0.5) is 0 Å². The minimum Gasteiger partial charge on any atom is -0.356 e. The Kier molecular flexibility index (Phi) is 3.06. The van der Waals surface area contributed by atoms with E-state index in [-0.39, 0.29) is 5.91 Å². The molecule has 0 bridgehead atoms. The summed E-state index contributed by atoms with van der Waals surface area (Å²) < 4.78 is 0. The molecule has 3 N–H and O–H groups in total. The van der Waals surface area contributed by atoms with Gasteiger partial charge in [-0.15, -0.1) is 0 Å². The molecule has 2 unspecified atom stereocenters. The van der Waals surface area contributed by atoms with E-state index < -0.39 is 0 Å². The van der Waals surface area contributed by atoms with Crippen molar-refractivity contribution in [3.63, 3.8) is 0 Å². The standard InChI is InChI=1S/C11H20N2O/c12-10-4-2-1-3-9(10)7-13-11(14)8-5-6-8/h8-10H,1-7,12H2,(H,13,14). The molecule has 0 aliphatic heterocycles. The Labute approximate surface area is 85.4 Å². The van der Waals surface area contributed by atoms with Gasteiger partial charge >= 0.3 is 0 Å². The van der Waals surface area contributed by atoms with E-state index in [4.69, 9.17) is 5.73 Å². The van der Waals surface area contributed by atoms with Crippen molar-refractivity contribution in [3.8, 4) is 0 Å². The summed E-state index contributed by atoms with van der Waals surface area (Å²) in [4.78, 5) is 11.4. The lowest BCUT2D eigenvalue weighted by atomic mass is 9.85. The number of carbonyl (C=O) groups is 1. The van der Waals surface area contributed by atoms with Gasteiger partial charge in [0.1, 0.15) is 0 Å². The average molecular weight is 196 g/mol. The Morgan fingerprint density at radius 1 is 1.21 bits per heavy atom. The minimum atomic E-state index is 0.253. The fraction of sp³-hybridized carbons (Fsp3) is 0.909. The molecule has 3 heteroatoms. The highest BCUT2D eigenvalue weighted by molar-refractivity contribution is 5.80. The molecule has 1 amide bonds. The number of hydrogen-bond acceptors (Lipinski definition) is 2. The molecular formula is C11H20N2O. The molecular weight excluding hydrogens is 176 g/mol. The fourth-order valence-electron chi connectivity index (χ4n) is 2.21. The van der Waals surface area contributed by atoms with Gasteiger partial charge in [-0.1, -0.05) is 12.8 Å². The maximum absolute atomic E-state index is 11.4. The van der Waals surface area contributed by atoms with E-state index in [9.17, 15) is 4.79 Å². The van der Waals surface area contributed by atoms with Crippen molar-refractivity contribution in [2.24, 2.45) is 17.6 Å². The molecule has 0 radical (unpaired) electrons. The summed E-state index contributed by atoms with van der Waals surface area (Å²) in [7, 11) is 0. The van der Waals surface area contributed by atoms with Gasteiger partial charge in [-0.3, -0.25) is 4.79 Å². The van der Waals surface area contributed by atoms with E-state index in [1.165, 1.54) is 19.3 Å². The maximum atomic E-state index is 11.4. The molecule has 0 aromatic heterocycles. The number of carbonyl (C=O) groups excluding carboxylic acids is 1. The third-order valence-electron chi connectivity index (χ3n) is 3.45. The van der Waals surface area contributed by atoms with Crippen LogP contribution in [-0.4, -0.2) is 18.5 Å². The topological polar surface area (TPSA) is 55.1 Å². The lowest BCUT2D eigenvalue weighted by Gasteiger charge is -2.28. The monoisotopic (exact) mass is 196 g/mol. The van der Waals surface area contributed by atoms with E-state index >= 15 is 0 Å². The Bertz CT molecular complexity index is 213.